The van der Waals surface area contributed by atoms with Gasteiger partial charge in [0.05, 0.1) is 5.56 Å². The summed E-state index contributed by atoms with van der Waals surface area (Å²) >= 11 is 3.32. The van der Waals surface area contributed by atoms with E-state index in [0.29, 0.717) is 0 Å². The minimum absolute atomic E-state index is 0.239. The quantitative estimate of drug-likeness (QED) is 0.825. The maximum absolute atomic E-state index is 10.5. The van der Waals surface area contributed by atoms with Crippen LogP contribution in [-0.2, 0) is 6.42 Å². The Balaban J connectivity index is 2.64. The second kappa shape index (κ2) is 4.97. The molecule has 13 heavy (non-hydrogen) atoms. The van der Waals surface area contributed by atoms with Crippen molar-refractivity contribution in [2.75, 3.05) is 5.33 Å². The van der Waals surface area contributed by atoms with Crippen LogP contribution in [0, 0.1) is 0 Å². The number of carboxylic acid groups (broad SMARTS) is 1. The zero-order valence-electron chi connectivity index (χ0n) is 7.03. The minimum Gasteiger partial charge on any atom is -0.478 e. The molecule has 0 aliphatic heterocycles. The molecular weight excluding hydrogens is 234 g/mol. The summed E-state index contributed by atoms with van der Waals surface area (Å²) in [5.41, 5.74) is 1.17. The normalized spacial score (nSPS) is 9.92. The SMILES string of the molecule is O=C(O)c1ccc(CCCBr)nc1. The van der Waals surface area contributed by atoms with Crippen molar-refractivity contribution in [1.29, 1.82) is 0 Å². The summed E-state index contributed by atoms with van der Waals surface area (Å²) in [6.45, 7) is 0. The second-order valence-corrected chi connectivity index (χ2v) is 3.43. The van der Waals surface area contributed by atoms with E-state index < -0.39 is 5.97 Å². The van der Waals surface area contributed by atoms with Crippen LogP contribution in [0.2, 0.25) is 0 Å². The summed E-state index contributed by atoms with van der Waals surface area (Å²) in [6.07, 6.45) is 3.29. The highest BCUT2D eigenvalue weighted by molar-refractivity contribution is 9.09. The predicted molar refractivity (Wildman–Crippen MR) is 53.3 cm³/mol. The molecule has 0 atom stereocenters. The third-order valence-electron chi connectivity index (χ3n) is 1.64. The summed E-state index contributed by atoms with van der Waals surface area (Å²) in [5, 5.41) is 9.54. The van der Waals surface area contributed by atoms with Crippen molar-refractivity contribution < 1.29 is 9.90 Å². The van der Waals surface area contributed by atoms with Crippen molar-refractivity contribution in [3.63, 3.8) is 0 Å². The Bertz CT molecular complexity index is 284. The van der Waals surface area contributed by atoms with Gasteiger partial charge in [-0.1, -0.05) is 15.9 Å². The van der Waals surface area contributed by atoms with E-state index in [1.807, 2.05) is 0 Å². The largest absolute Gasteiger partial charge is 0.478 e. The summed E-state index contributed by atoms with van der Waals surface area (Å²) in [6, 6.07) is 3.34. The third kappa shape index (κ3) is 3.14. The highest BCUT2D eigenvalue weighted by Gasteiger charge is 2.02. The van der Waals surface area contributed by atoms with Gasteiger partial charge >= 0.3 is 5.97 Å². The number of rotatable bonds is 4. The monoisotopic (exact) mass is 243 g/mol. The average Bonchev–Trinajstić information content (AvgIpc) is 2.15. The summed E-state index contributed by atoms with van der Waals surface area (Å²) < 4.78 is 0. The maximum Gasteiger partial charge on any atom is 0.337 e. The molecule has 0 fully saturated rings. The zero-order chi connectivity index (χ0) is 9.68. The van der Waals surface area contributed by atoms with Gasteiger partial charge in [-0.3, -0.25) is 4.98 Å². The molecule has 0 bridgehead atoms. The lowest BCUT2D eigenvalue weighted by atomic mass is 10.2. The van der Waals surface area contributed by atoms with Crippen molar-refractivity contribution in [1.82, 2.24) is 4.98 Å². The average molecular weight is 244 g/mol. The van der Waals surface area contributed by atoms with Crippen LogP contribution >= 0.6 is 15.9 Å². The van der Waals surface area contributed by atoms with Crippen LogP contribution in [0.3, 0.4) is 0 Å². The van der Waals surface area contributed by atoms with Crippen LogP contribution in [0.15, 0.2) is 18.3 Å². The first-order valence-electron chi connectivity index (χ1n) is 3.98. The van der Waals surface area contributed by atoms with Crippen LogP contribution in [0.4, 0.5) is 0 Å². The van der Waals surface area contributed by atoms with Crippen molar-refractivity contribution >= 4 is 21.9 Å². The standard InChI is InChI=1S/C9H10BrNO2/c10-5-1-2-8-4-3-7(6-11-8)9(12)13/h3-4,6H,1-2,5H2,(H,12,13). The molecule has 0 saturated carbocycles. The molecule has 70 valence electrons. The number of aromatic carboxylic acids is 1. The number of carbonyl (C=O) groups is 1. The van der Waals surface area contributed by atoms with Gasteiger partial charge in [-0.25, -0.2) is 4.79 Å². The Labute approximate surface area is 84.9 Å². The van der Waals surface area contributed by atoms with Crippen LogP contribution in [0.5, 0.6) is 0 Å². The first-order valence-corrected chi connectivity index (χ1v) is 5.10. The first kappa shape index (κ1) is 10.2. The Morgan fingerprint density at radius 3 is 2.77 bits per heavy atom. The van der Waals surface area contributed by atoms with E-state index in [0.717, 1.165) is 23.9 Å². The molecule has 1 N–H and O–H groups in total. The molecule has 0 spiro atoms. The molecular formula is C9H10BrNO2. The van der Waals surface area contributed by atoms with E-state index >= 15 is 0 Å². The van der Waals surface area contributed by atoms with Crippen LogP contribution in [-0.4, -0.2) is 21.4 Å². The van der Waals surface area contributed by atoms with E-state index in [1.54, 1.807) is 12.1 Å². The number of nitrogens with zero attached hydrogens (tertiary/aromatic N) is 1. The van der Waals surface area contributed by atoms with Crippen molar-refractivity contribution in [3.8, 4) is 0 Å². The Morgan fingerprint density at radius 2 is 2.31 bits per heavy atom. The summed E-state index contributed by atoms with van der Waals surface area (Å²) in [7, 11) is 0. The van der Waals surface area contributed by atoms with E-state index in [1.165, 1.54) is 6.20 Å². The number of aromatic nitrogens is 1. The number of pyridine rings is 1. The topological polar surface area (TPSA) is 50.2 Å². The third-order valence-corrected chi connectivity index (χ3v) is 2.20. The smallest absolute Gasteiger partial charge is 0.337 e. The minimum atomic E-state index is -0.931. The van der Waals surface area contributed by atoms with E-state index in [2.05, 4.69) is 20.9 Å². The fourth-order valence-corrected chi connectivity index (χ4v) is 1.23. The lowest BCUT2D eigenvalue weighted by Crippen LogP contribution is -1.98. The van der Waals surface area contributed by atoms with Gasteiger partial charge in [0, 0.05) is 17.2 Å². The molecule has 1 aromatic rings. The molecule has 0 unspecified atom stereocenters. The molecule has 0 saturated heterocycles. The van der Waals surface area contributed by atoms with Gasteiger partial charge in [0.1, 0.15) is 0 Å². The van der Waals surface area contributed by atoms with E-state index in [-0.39, 0.29) is 5.56 Å². The fraction of sp³-hybridized carbons (Fsp3) is 0.333. The zero-order valence-corrected chi connectivity index (χ0v) is 8.62. The fourth-order valence-electron chi connectivity index (χ4n) is 0.947. The summed E-state index contributed by atoms with van der Waals surface area (Å²) in [4.78, 5) is 14.5. The highest BCUT2D eigenvalue weighted by atomic mass is 79.9. The molecule has 3 nitrogen and oxygen atoms in total. The number of hydrogen-bond donors (Lipinski definition) is 1. The molecule has 0 aliphatic rings. The van der Waals surface area contributed by atoms with Crippen LogP contribution in [0.1, 0.15) is 22.5 Å². The Hall–Kier alpha value is -0.900. The summed E-state index contributed by atoms with van der Waals surface area (Å²) in [5.74, 6) is -0.931. The van der Waals surface area contributed by atoms with Gasteiger partial charge in [0.15, 0.2) is 0 Å². The second-order valence-electron chi connectivity index (χ2n) is 2.64. The van der Waals surface area contributed by atoms with Crippen molar-refractivity contribution in [2.45, 2.75) is 12.8 Å². The molecule has 1 aromatic heterocycles. The van der Waals surface area contributed by atoms with Crippen molar-refractivity contribution in [3.05, 3.63) is 29.6 Å². The maximum atomic E-state index is 10.5. The Kier molecular flexibility index (Phi) is 3.89. The molecule has 0 radical (unpaired) electrons. The van der Waals surface area contributed by atoms with Gasteiger partial charge in [0.2, 0.25) is 0 Å². The molecule has 0 aromatic carbocycles. The Morgan fingerprint density at radius 1 is 1.54 bits per heavy atom. The van der Waals surface area contributed by atoms with Crippen LogP contribution in [0.25, 0.3) is 0 Å². The van der Waals surface area contributed by atoms with Crippen LogP contribution < -0.4 is 0 Å². The molecule has 0 amide bonds. The van der Waals surface area contributed by atoms with Gasteiger partial charge < -0.3 is 5.11 Å². The first-order chi connectivity index (χ1) is 6.24. The number of carboxylic acids is 1. The predicted octanol–water partition coefficient (Wildman–Crippen LogP) is 2.11. The number of halogens is 1. The van der Waals surface area contributed by atoms with Crippen molar-refractivity contribution in [2.24, 2.45) is 0 Å². The van der Waals surface area contributed by atoms with E-state index in [4.69, 9.17) is 5.11 Å². The molecule has 1 heterocycles. The van der Waals surface area contributed by atoms with E-state index in [9.17, 15) is 4.79 Å². The van der Waals surface area contributed by atoms with Gasteiger partial charge in [-0.15, -0.1) is 0 Å². The molecule has 4 heteroatoms. The lowest BCUT2D eigenvalue weighted by molar-refractivity contribution is 0.0696. The highest BCUT2D eigenvalue weighted by Crippen LogP contribution is 2.03. The van der Waals surface area contributed by atoms with Gasteiger partial charge in [-0.05, 0) is 25.0 Å². The number of alkyl halides is 1. The lowest BCUT2D eigenvalue weighted by Gasteiger charge is -1.98. The van der Waals surface area contributed by atoms with Gasteiger partial charge in [0.25, 0.3) is 0 Å². The molecule has 0 aliphatic carbocycles. The van der Waals surface area contributed by atoms with Gasteiger partial charge in [-0.2, -0.15) is 0 Å². The number of hydrogen-bond acceptors (Lipinski definition) is 2. The molecule has 1 rings (SSSR count). The number of aryl methyl sites for hydroxylation is 1.